The van der Waals surface area contributed by atoms with E-state index in [1.807, 2.05) is 42.5 Å². The maximum Gasteiger partial charge on any atom is 0.335 e. The van der Waals surface area contributed by atoms with Gasteiger partial charge in [-0.2, -0.15) is 5.26 Å². The highest BCUT2D eigenvalue weighted by molar-refractivity contribution is 14.1. The molecule has 0 aliphatic carbocycles. The summed E-state index contributed by atoms with van der Waals surface area (Å²) in [6, 6.07) is 22.1. The molecule has 2 N–H and O–H groups in total. The van der Waals surface area contributed by atoms with Crippen LogP contribution in [0.25, 0.3) is 22.7 Å². The van der Waals surface area contributed by atoms with Crippen molar-refractivity contribution in [1.82, 2.24) is 9.97 Å². The Morgan fingerprint density at radius 1 is 1.16 bits per heavy atom. The van der Waals surface area contributed by atoms with Crippen molar-refractivity contribution in [2.45, 2.75) is 6.61 Å². The van der Waals surface area contributed by atoms with Crippen molar-refractivity contribution in [3.05, 3.63) is 92.8 Å². The van der Waals surface area contributed by atoms with E-state index >= 15 is 0 Å². The number of nitrogens with one attached hydrogen (secondary N) is 1. The fourth-order valence-corrected chi connectivity index (χ4v) is 3.72. The number of carboxylic acids is 1. The summed E-state index contributed by atoms with van der Waals surface area (Å²) in [6.07, 6.45) is 1.79. The number of H-pyrrole nitrogens is 1. The summed E-state index contributed by atoms with van der Waals surface area (Å²) in [7, 11) is 0. The number of rotatable bonds is 6. The Morgan fingerprint density at radius 2 is 1.94 bits per heavy atom. The molecule has 4 rings (SSSR count). The number of ether oxygens (including phenoxy) is 1. The number of nitrogens with zero attached hydrogens (tertiary/aromatic N) is 2. The lowest BCUT2D eigenvalue weighted by Gasteiger charge is -2.09. The van der Waals surface area contributed by atoms with Gasteiger partial charge in [-0.25, -0.2) is 9.78 Å². The second kappa shape index (κ2) is 9.02. The lowest BCUT2D eigenvalue weighted by molar-refractivity contribution is 0.0697. The van der Waals surface area contributed by atoms with Crippen molar-refractivity contribution >= 4 is 51.2 Å². The number of nitriles is 1. The van der Waals surface area contributed by atoms with E-state index in [-0.39, 0.29) is 5.56 Å². The van der Waals surface area contributed by atoms with Crippen molar-refractivity contribution in [2.75, 3.05) is 0 Å². The summed E-state index contributed by atoms with van der Waals surface area (Å²) in [6.45, 7) is 0.327. The Balaban J connectivity index is 1.50. The minimum absolute atomic E-state index is 0.243. The molecule has 0 amide bonds. The van der Waals surface area contributed by atoms with Gasteiger partial charge in [-0.15, -0.1) is 0 Å². The van der Waals surface area contributed by atoms with Gasteiger partial charge in [0.25, 0.3) is 0 Å². The molecule has 0 bridgehead atoms. The van der Waals surface area contributed by atoms with E-state index in [2.05, 4.69) is 38.6 Å². The zero-order valence-electron chi connectivity index (χ0n) is 16.2. The van der Waals surface area contributed by atoms with Gasteiger partial charge in [-0.05, 0) is 76.2 Å². The normalized spacial score (nSPS) is 11.3. The van der Waals surface area contributed by atoms with Crippen LogP contribution in [-0.4, -0.2) is 21.0 Å². The molecule has 0 aliphatic heterocycles. The number of hydrogen-bond acceptors (Lipinski definition) is 4. The van der Waals surface area contributed by atoms with Gasteiger partial charge in [0.2, 0.25) is 0 Å². The first kappa shape index (κ1) is 20.6. The molecular weight excluding hydrogens is 505 g/mol. The zero-order chi connectivity index (χ0) is 21.8. The van der Waals surface area contributed by atoms with Gasteiger partial charge in [0.05, 0.1) is 25.7 Å². The molecular formula is C24H16IN3O3. The number of para-hydroxylation sites is 2. The summed E-state index contributed by atoms with van der Waals surface area (Å²) in [5.41, 5.74) is 4.12. The molecule has 0 fully saturated rings. The number of imidazole rings is 1. The number of aromatic nitrogens is 2. The fourth-order valence-electron chi connectivity index (χ4n) is 3.03. The molecule has 0 atom stereocenters. The van der Waals surface area contributed by atoms with Crippen molar-refractivity contribution in [3.8, 4) is 11.8 Å². The van der Waals surface area contributed by atoms with Crippen LogP contribution in [0.1, 0.15) is 27.3 Å². The first-order valence-electron chi connectivity index (χ1n) is 9.35. The monoisotopic (exact) mass is 521 g/mol. The van der Waals surface area contributed by atoms with Crippen LogP contribution < -0.4 is 4.74 Å². The fraction of sp³-hybridized carbons (Fsp3) is 0.0417. The van der Waals surface area contributed by atoms with Gasteiger partial charge in [-0.3, -0.25) is 0 Å². The Bertz CT molecular complexity index is 1300. The summed E-state index contributed by atoms with van der Waals surface area (Å²) in [5.74, 6) is 0.288. The Hall–Kier alpha value is -3.64. The van der Waals surface area contributed by atoms with Gasteiger partial charge >= 0.3 is 5.97 Å². The van der Waals surface area contributed by atoms with Crippen LogP contribution in [0.15, 0.2) is 66.7 Å². The summed E-state index contributed by atoms with van der Waals surface area (Å²) in [5, 5.41) is 18.6. The number of fused-ring (bicyclic) bond motifs is 1. The van der Waals surface area contributed by atoms with Gasteiger partial charge in [0, 0.05) is 0 Å². The Labute approximate surface area is 192 Å². The summed E-state index contributed by atoms with van der Waals surface area (Å²) < 4.78 is 6.77. The SMILES string of the molecule is N#C/C(=C/c1ccc(OCc2ccc(C(=O)O)cc2)c(I)c1)c1nc2ccccc2[nH]1. The molecule has 0 spiro atoms. The van der Waals surface area contributed by atoms with E-state index in [4.69, 9.17) is 9.84 Å². The lowest BCUT2D eigenvalue weighted by Crippen LogP contribution is -1.99. The lowest BCUT2D eigenvalue weighted by atomic mass is 10.1. The number of aromatic amines is 1. The molecule has 0 saturated heterocycles. The van der Waals surface area contributed by atoms with E-state index in [0.29, 0.717) is 23.8 Å². The van der Waals surface area contributed by atoms with Gasteiger partial charge in [0.15, 0.2) is 0 Å². The minimum atomic E-state index is -0.954. The number of aromatic carboxylic acids is 1. The van der Waals surface area contributed by atoms with Crippen LogP contribution >= 0.6 is 22.6 Å². The smallest absolute Gasteiger partial charge is 0.335 e. The van der Waals surface area contributed by atoms with E-state index in [9.17, 15) is 10.1 Å². The average Bonchev–Trinajstić information content (AvgIpc) is 3.21. The maximum absolute atomic E-state index is 10.9. The van der Waals surface area contributed by atoms with Gasteiger partial charge in [-0.1, -0.05) is 30.3 Å². The number of carbonyl (C=O) groups is 1. The van der Waals surface area contributed by atoms with E-state index in [0.717, 1.165) is 25.7 Å². The predicted octanol–water partition coefficient (Wildman–Crippen LogP) is 5.51. The first-order valence-corrected chi connectivity index (χ1v) is 10.4. The van der Waals surface area contributed by atoms with Gasteiger partial charge < -0.3 is 14.8 Å². The highest BCUT2D eigenvalue weighted by Crippen LogP contribution is 2.26. The summed E-state index contributed by atoms with van der Waals surface area (Å²) in [4.78, 5) is 18.6. The molecule has 0 unspecified atom stereocenters. The number of allylic oxidation sites excluding steroid dienone is 1. The topological polar surface area (TPSA) is 99.0 Å². The number of benzene rings is 3. The molecule has 0 saturated carbocycles. The number of halogens is 1. The summed E-state index contributed by atoms with van der Waals surface area (Å²) >= 11 is 2.19. The van der Waals surface area contributed by atoms with Crippen LogP contribution in [0, 0.1) is 14.9 Å². The van der Waals surface area contributed by atoms with Crippen LogP contribution in [0.3, 0.4) is 0 Å². The number of carboxylic acid groups (broad SMARTS) is 1. The zero-order valence-corrected chi connectivity index (χ0v) is 18.3. The molecule has 0 aliphatic rings. The van der Waals surface area contributed by atoms with Crippen LogP contribution in [-0.2, 0) is 6.61 Å². The quantitative estimate of drug-likeness (QED) is 0.258. The molecule has 152 valence electrons. The molecule has 7 heteroatoms. The van der Waals surface area contributed by atoms with Crippen LogP contribution in [0.5, 0.6) is 5.75 Å². The molecule has 6 nitrogen and oxygen atoms in total. The second-order valence-corrected chi connectivity index (χ2v) is 7.92. The Morgan fingerprint density at radius 3 is 2.61 bits per heavy atom. The third-order valence-electron chi connectivity index (χ3n) is 4.63. The number of hydrogen-bond donors (Lipinski definition) is 2. The van der Waals surface area contributed by atoms with E-state index in [1.54, 1.807) is 30.3 Å². The molecule has 31 heavy (non-hydrogen) atoms. The first-order chi connectivity index (χ1) is 15.0. The third-order valence-corrected chi connectivity index (χ3v) is 5.47. The largest absolute Gasteiger partial charge is 0.488 e. The molecule has 4 aromatic rings. The van der Waals surface area contributed by atoms with Crippen molar-refractivity contribution in [1.29, 1.82) is 5.26 Å². The standard InChI is InChI=1S/C24H16IN3O3/c25-19-12-16(11-18(13-26)23-27-20-3-1-2-4-21(20)28-23)7-10-22(19)31-14-15-5-8-17(9-6-15)24(29)30/h1-12H,14H2,(H,27,28)(H,29,30)/b18-11-. The molecule has 3 aromatic carbocycles. The Kier molecular flexibility index (Phi) is 6.00. The average molecular weight is 521 g/mol. The van der Waals surface area contributed by atoms with Gasteiger partial charge in [0.1, 0.15) is 24.3 Å². The molecule has 1 heterocycles. The van der Waals surface area contributed by atoms with Crippen LogP contribution in [0.4, 0.5) is 0 Å². The van der Waals surface area contributed by atoms with E-state index in [1.165, 1.54) is 0 Å². The van der Waals surface area contributed by atoms with E-state index < -0.39 is 5.97 Å². The second-order valence-electron chi connectivity index (χ2n) is 6.75. The minimum Gasteiger partial charge on any atom is -0.488 e. The maximum atomic E-state index is 10.9. The molecule has 1 aromatic heterocycles. The third kappa shape index (κ3) is 4.75. The van der Waals surface area contributed by atoms with Crippen molar-refractivity contribution < 1.29 is 14.6 Å². The molecule has 0 radical (unpaired) electrons. The highest BCUT2D eigenvalue weighted by Gasteiger charge is 2.09. The van der Waals surface area contributed by atoms with Crippen LogP contribution in [0.2, 0.25) is 0 Å². The highest BCUT2D eigenvalue weighted by atomic mass is 127. The van der Waals surface area contributed by atoms with Crippen molar-refractivity contribution in [3.63, 3.8) is 0 Å². The van der Waals surface area contributed by atoms with Crippen molar-refractivity contribution in [2.24, 2.45) is 0 Å². The predicted molar refractivity (Wildman–Crippen MR) is 126 cm³/mol.